The van der Waals surface area contributed by atoms with Crippen LogP contribution in [-0.2, 0) is 9.53 Å². The standard InChI is InChI=1S/C20H36N2O3/c1-19(2)15-22(12-13-25-19)20(10-4-3-5-11-20)14-21-17-8-6-16(7-9-17)18(23)24/h16-17,21H,3-15H2,1-2H3,(H,23,24). The molecule has 0 bridgehead atoms. The second-order valence-corrected chi connectivity index (χ2v) is 9.08. The maximum atomic E-state index is 11.1. The number of carboxylic acids is 1. The van der Waals surface area contributed by atoms with Crippen LogP contribution in [0.4, 0.5) is 0 Å². The number of nitrogens with zero attached hydrogens (tertiary/aromatic N) is 1. The lowest BCUT2D eigenvalue weighted by Gasteiger charge is -2.52. The molecule has 2 saturated carbocycles. The number of ether oxygens (including phenoxy) is 1. The zero-order valence-electron chi connectivity index (χ0n) is 16.1. The molecule has 3 aliphatic rings. The third kappa shape index (κ3) is 4.75. The quantitative estimate of drug-likeness (QED) is 0.796. The van der Waals surface area contributed by atoms with E-state index in [9.17, 15) is 9.90 Å². The molecule has 5 heteroatoms. The van der Waals surface area contributed by atoms with Crippen molar-refractivity contribution in [2.75, 3.05) is 26.2 Å². The van der Waals surface area contributed by atoms with Crippen LogP contribution in [0.5, 0.6) is 0 Å². The fourth-order valence-corrected chi connectivity index (χ4v) is 5.11. The van der Waals surface area contributed by atoms with Crippen molar-refractivity contribution in [3.05, 3.63) is 0 Å². The smallest absolute Gasteiger partial charge is 0.306 e. The van der Waals surface area contributed by atoms with E-state index in [1.54, 1.807) is 0 Å². The molecule has 5 nitrogen and oxygen atoms in total. The molecule has 1 heterocycles. The molecule has 0 aromatic rings. The summed E-state index contributed by atoms with van der Waals surface area (Å²) in [7, 11) is 0. The highest BCUT2D eigenvalue weighted by atomic mass is 16.5. The van der Waals surface area contributed by atoms with E-state index in [0.29, 0.717) is 6.04 Å². The molecule has 3 fully saturated rings. The number of carbonyl (C=O) groups is 1. The molecule has 2 N–H and O–H groups in total. The van der Waals surface area contributed by atoms with Gasteiger partial charge in [-0.2, -0.15) is 0 Å². The summed E-state index contributed by atoms with van der Waals surface area (Å²) in [6, 6.07) is 0.489. The Balaban J connectivity index is 1.59. The lowest BCUT2D eigenvalue weighted by molar-refractivity contribution is -0.142. The van der Waals surface area contributed by atoms with Crippen LogP contribution in [0.2, 0.25) is 0 Å². The van der Waals surface area contributed by atoms with Gasteiger partial charge in [0.15, 0.2) is 0 Å². The van der Waals surface area contributed by atoms with E-state index in [2.05, 4.69) is 24.1 Å². The van der Waals surface area contributed by atoms with Crippen molar-refractivity contribution in [3.8, 4) is 0 Å². The molecule has 0 amide bonds. The van der Waals surface area contributed by atoms with Crippen LogP contribution in [-0.4, -0.2) is 59.4 Å². The average Bonchev–Trinajstić information content (AvgIpc) is 2.60. The predicted octanol–water partition coefficient (Wildman–Crippen LogP) is 3.03. The summed E-state index contributed by atoms with van der Waals surface area (Å²) < 4.78 is 5.94. The van der Waals surface area contributed by atoms with Crippen LogP contribution >= 0.6 is 0 Å². The van der Waals surface area contributed by atoms with Crippen LogP contribution in [0.1, 0.15) is 71.6 Å². The van der Waals surface area contributed by atoms with Gasteiger partial charge in [-0.1, -0.05) is 19.3 Å². The van der Waals surface area contributed by atoms with Gasteiger partial charge < -0.3 is 15.2 Å². The fourth-order valence-electron chi connectivity index (χ4n) is 5.11. The van der Waals surface area contributed by atoms with Crippen LogP contribution < -0.4 is 5.32 Å². The Morgan fingerprint density at radius 2 is 1.84 bits per heavy atom. The van der Waals surface area contributed by atoms with E-state index in [0.717, 1.165) is 51.9 Å². The first-order valence-electron chi connectivity index (χ1n) is 10.3. The van der Waals surface area contributed by atoms with Gasteiger partial charge in [-0.3, -0.25) is 9.69 Å². The normalized spacial score (nSPS) is 33.0. The minimum absolute atomic E-state index is 0.0533. The number of hydrogen-bond acceptors (Lipinski definition) is 4. The first kappa shape index (κ1) is 19.1. The van der Waals surface area contributed by atoms with Crippen LogP contribution in [0.25, 0.3) is 0 Å². The Kier molecular flexibility index (Phi) is 6.07. The number of rotatable bonds is 5. The van der Waals surface area contributed by atoms with Gasteiger partial charge in [0.05, 0.1) is 18.1 Å². The van der Waals surface area contributed by atoms with Gasteiger partial charge >= 0.3 is 5.97 Å². The molecular weight excluding hydrogens is 316 g/mol. The highest BCUT2D eigenvalue weighted by Gasteiger charge is 2.42. The molecule has 0 radical (unpaired) electrons. The topological polar surface area (TPSA) is 61.8 Å². The molecule has 144 valence electrons. The van der Waals surface area contributed by atoms with E-state index in [-0.39, 0.29) is 17.1 Å². The van der Waals surface area contributed by atoms with Crippen molar-refractivity contribution in [1.29, 1.82) is 0 Å². The van der Waals surface area contributed by atoms with Crippen molar-refractivity contribution < 1.29 is 14.6 Å². The van der Waals surface area contributed by atoms with E-state index in [1.165, 1.54) is 32.1 Å². The van der Waals surface area contributed by atoms with E-state index < -0.39 is 5.97 Å². The summed E-state index contributed by atoms with van der Waals surface area (Å²) in [5, 5.41) is 13.0. The van der Waals surface area contributed by atoms with Crippen molar-refractivity contribution in [3.63, 3.8) is 0 Å². The van der Waals surface area contributed by atoms with Crippen molar-refractivity contribution in [2.45, 2.75) is 88.8 Å². The maximum Gasteiger partial charge on any atom is 0.306 e. The summed E-state index contributed by atoms with van der Waals surface area (Å²) in [5.74, 6) is -0.737. The average molecular weight is 353 g/mol. The second-order valence-electron chi connectivity index (χ2n) is 9.08. The lowest BCUT2D eigenvalue weighted by atomic mass is 9.78. The van der Waals surface area contributed by atoms with Crippen molar-refractivity contribution >= 4 is 5.97 Å². The summed E-state index contributed by atoms with van der Waals surface area (Å²) in [6.07, 6.45) is 10.2. The third-order valence-corrected chi connectivity index (χ3v) is 6.68. The number of hydrogen-bond donors (Lipinski definition) is 2. The minimum atomic E-state index is -0.613. The Morgan fingerprint density at radius 3 is 2.44 bits per heavy atom. The van der Waals surface area contributed by atoms with Gasteiger partial charge in [-0.15, -0.1) is 0 Å². The zero-order chi connectivity index (χ0) is 17.9. The SMILES string of the molecule is CC1(C)CN(C2(CNC3CCC(C(=O)O)CC3)CCCCC2)CCO1. The zero-order valence-corrected chi connectivity index (χ0v) is 16.1. The first-order valence-corrected chi connectivity index (χ1v) is 10.3. The monoisotopic (exact) mass is 352 g/mol. The van der Waals surface area contributed by atoms with Crippen LogP contribution in [0, 0.1) is 5.92 Å². The Labute approximate surface area is 152 Å². The summed E-state index contributed by atoms with van der Waals surface area (Å²) in [5.41, 5.74) is 0.213. The number of aliphatic carboxylic acids is 1. The second kappa shape index (κ2) is 7.93. The van der Waals surface area contributed by atoms with E-state index in [4.69, 9.17) is 4.74 Å². The third-order valence-electron chi connectivity index (χ3n) is 6.68. The highest BCUT2D eigenvalue weighted by molar-refractivity contribution is 5.70. The molecule has 25 heavy (non-hydrogen) atoms. The number of nitrogens with one attached hydrogen (secondary N) is 1. The molecule has 0 unspecified atom stereocenters. The molecule has 1 saturated heterocycles. The van der Waals surface area contributed by atoms with Crippen molar-refractivity contribution in [1.82, 2.24) is 10.2 Å². The Bertz CT molecular complexity index is 452. The fraction of sp³-hybridized carbons (Fsp3) is 0.950. The first-order chi connectivity index (χ1) is 11.9. The Hall–Kier alpha value is -0.650. The summed E-state index contributed by atoms with van der Waals surface area (Å²) >= 11 is 0. The van der Waals surface area contributed by atoms with Gasteiger partial charge in [-0.05, 0) is 52.4 Å². The predicted molar refractivity (Wildman–Crippen MR) is 98.8 cm³/mol. The molecule has 3 rings (SSSR count). The highest BCUT2D eigenvalue weighted by Crippen LogP contribution is 2.36. The van der Waals surface area contributed by atoms with Gasteiger partial charge in [-0.25, -0.2) is 0 Å². The molecule has 0 aromatic heterocycles. The van der Waals surface area contributed by atoms with Gasteiger partial charge in [0, 0.05) is 31.2 Å². The minimum Gasteiger partial charge on any atom is -0.481 e. The van der Waals surface area contributed by atoms with Gasteiger partial charge in [0.25, 0.3) is 0 Å². The van der Waals surface area contributed by atoms with E-state index >= 15 is 0 Å². The van der Waals surface area contributed by atoms with Crippen LogP contribution in [0.15, 0.2) is 0 Å². The summed E-state index contributed by atoms with van der Waals surface area (Å²) in [4.78, 5) is 13.8. The molecule has 2 aliphatic carbocycles. The van der Waals surface area contributed by atoms with Gasteiger partial charge in [0.2, 0.25) is 0 Å². The molecule has 0 aromatic carbocycles. The molecule has 0 spiro atoms. The maximum absolute atomic E-state index is 11.1. The molecule has 0 atom stereocenters. The summed E-state index contributed by atoms with van der Waals surface area (Å²) in [6.45, 7) is 8.34. The number of carboxylic acid groups (broad SMARTS) is 1. The molecule has 1 aliphatic heterocycles. The Morgan fingerprint density at radius 1 is 1.16 bits per heavy atom. The van der Waals surface area contributed by atoms with Gasteiger partial charge in [0.1, 0.15) is 0 Å². The lowest BCUT2D eigenvalue weighted by Crippen LogP contribution is -2.63. The largest absolute Gasteiger partial charge is 0.481 e. The van der Waals surface area contributed by atoms with Crippen molar-refractivity contribution in [2.24, 2.45) is 5.92 Å². The molecular formula is C20H36N2O3. The number of morpholine rings is 1. The van der Waals surface area contributed by atoms with Crippen LogP contribution in [0.3, 0.4) is 0 Å². The van der Waals surface area contributed by atoms with E-state index in [1.807, 2.05) is 0 Å².